The maximum atomic E-state index is 5.61. The summed E-state index contributed by atoms with van der Waals surface area (Å²) in [6, 6.07) is 0. The summed E-state index contributed by atoms with van der Waals surface area (Å²) in [5, 5.41) is 9.04. The van der Waals surface area contributed by atoms with Gasteiger partial charge in [-0.05, 0) is 25.7 Å². The molecule has 0 saturated carbocycles. The molecular formula is C8H13N3S. The van der Waals surface area contributed by atoms with Crippen molar-refractivity contribution in [3.63, 3.8) is 0 Å². The Morgan fingerprint density at radius 2 is 2.00 bits per heavy atom. The molecule has 1 heterocycles. The summed E-state index contributed by atoms with van der Waals surface area (Å²) >= 11 is 1.59. The van der Waals surface area contributed by atoms with Crippen LogP contribution in [0.5, 0.6) is 0 Å². The van der Waals surface area contributed by atoms with Gasteiger partial charge in [-0.3, -0.25) is 0 Å². The number of rotatable bonds is 2. The van der Waals surface area contributed by atoms with Crippen LogP contribution in [0.2, 0.25) is 0 Å². The van der Waals surface area contributed by atoms with Crippen LogP contribution in [0, 0.1) is 13.8 Å². The molecule has 66 valence electrons. The lowest BCUT2D eigenvalue weighted by molar-refractivity contribution is 0.826. The molecule has 0 atom stereocenters. The number of aromatic nitrogens is 2. The van der Waals surface area contributed by atoms with Crippen molar-refractivity contribution in [2.75, 3.05) is 6.26 Å². The molecule has 2 N–H and O–H groups in total. The van der Waals surface area contributed by atoms with Crippen molar-refractivity contribution in [2.45, 2.75) is 25.4 Å². The molecular weight excluding hydrogens is 170 g/mol. The molecule has 0 bridgehead atoms. The van der Waals surface area contributed by atoms with E-state index in [-0.39, 0.29) is 0 Å². The third kappa shape index (κ3) is 1.59. The van der Waals surface area contributed by atoms with Crippen molar-refractivity contribution in [1.29, 1.82) is 0 Å². The second kappa shape index (κ2) is 3.87. The smallest absolute Gasteiger partial charge is 0.123 e. The highest BCUT2D eigenvalue weighted by molar-refractivity contribution is 7.98. The lowest BCUT2D eigenvalue weighted by atomic mass is 10.1. The Morgan fingerprint density at radius 1 is 1.33 bits per heavy atom. The van der Waals surface area contributed by atoms with Crippen molar-refractivity contribution >= 4 is 11.8 Å². The minimum absolute atomic E-state index is 0.540. The third-order valence-corrected chi connectivity index (χ3v) is 2.66. The first-order chi connectivity index (χ1) is 5.70. The molecule has 0 fully saturated rings. The normalized spacial score (nSPS) is 10.3. The average molecular weight is 183 g/mol. The first kappa shape index (κ1) is 9.48. The summed E-state index contributed by atoms with van der Waals surface area (Å²) in [5.74, 6) is 0. The standard InChI is InChI=1S/C8H13N3S/c1-5-6(2)10-11-8(12-3)7(5)4-9/h4,9H2,1-3H3. The molecule has 0 aliphatic carbocycles. The van der Waals surface area contributed by atoms with E-state index in [0.717, 1.165) is 21.8 Å². The topological polar surface area (TPSA) is 51.8 Å². The Labute approximate surface area is 76.8 Å². The number of nitrogens with zero attached hydrogens (tertiary/aromatic N) is 2. The average Bonchev–Trinajstić information content (AvgIpc) is 2.09. The van der Waals surface area contributed by atoms with Gasteiger partial charge in [0.25, 0.3) is 0 Å². The second-order valence-electron chi connectivity index (χ2n) is 2.60. The number of hydrogen-bond donors (Lipinski definition) is 1. The number of nitrogens with two attached hydrogens (primary N) is 1. The molecule has 0 aliphatic heterocycles. The second-order valence-corrected chi connectivity index (χ2v) is 3.40. The van der Waals surface area contributed by atoms with E-state index >= 15 is 0 Å². The Hall–Kier alpha value is -0.610. The number of aryl methyl sites for hydroxylation is 1. The fourth-order valence-corrected chi connectivity index (χ4v) is 1.64. The molecule has 1 rings (SSSR count). The highest BCUT2D eigenvalue weighted by Gasteiger charge is 2.07. The van der Waals surface area contributed by atoms with Gasteiger partial charge in [0, 0.05) is 12.1 Å². The predicted molar refractivity (Wildman–Crippen MR) is 51.2 cm³/mol. The zero-order valence-electron chi connectivity index (χ0n) is 7.59. The van der Waals surface area contributed by atoms with E-state index in [0.29, 0.717) is 6.54 Å². The predicted octanol–water partition coefficient (Wildman–Crippen LogP) is 1.27. The van der Waals surface area contributed by atoms with Crippen molar-refractivity contribution in [3.8, 4) is 0 Å². The summed E-state index contributed by atoms with van der Waals surface area (Å²) in [5.41, 5.74) is 8.86. The molecule has 4 heteroatoms. The molecule has 0 saturated heterocycles. The third-order valence-electron chi connectivity index (χ3n) is 1.94. The summed E-state index contributed by atoms with van der Waals surface area (Å²) in [6.45, 7) is 4.52. The van der Waals surface area contributed by atoms with Gasteiger partial charge in [0.1, 0.15) is 5.03 Å². The molecule has 0 aromatic carbocycles. The highest BCUT2D eigenvalue weighted by atomic mass is 32.2. The maximum absolute atomic E-state index is 5.61. The van der Waals surface area contributed by atoms with E-state index in [1.807, 2.05) is 20.1 Å². The first-order valence-corrected chi connectivity index (χ1v) is 5.00. The molecule has 1 aromatic rings. The molecule has 1 aromatic heterocycles. The Bertz CT molecular complexity index is 286. The summed E-state index contributed by atoms with van der Waals surface area (Å²) in [4.78, 5) is 0. The summed E-state index contributed by atoms with van der Waals surface area (Å²) in [6.07, 6.45) is 1.98. The van der Waals surface area contributed by atoms with Crippen LogP contribution in [-0.4, -0.2) is 16.5 Å². The van der Waals surface area contributed by atoms with Gasteiger partial charge in [-0.2, -0.15) is 5.10 Å². The maximum Gasteiger partial charge on any atom is 0.123 e. The number of hydrogen-bond acceptors (Lipinski definition) is 4. The molecule has 12 heavy (non-hydrogen) atoms. The van der Waals surface area contributed by atoms with Crippen LogP contribution in [0.15, 0.2) is 5.03 Å². The van der Waals surface area contributed by atoms with Crippen molar-refractivity contribution in [1.82, 2.24) is 10.2 Å². The van der Waals surface area contributed by atoms with Gasteiger partial charge in [0.2, 0.25) is 0 Å². The Kier molecular flexibility index (Phi) is 3.05. The van der Waals surface area contributed by atoms with E-state index in [1.54, 1.807) is 11.8 Å². The van der Waals surface area contributed by atoms with E-state index in [9.17, 15) is 0 Å². The molecule has 3 nitrogen and oxygen atoms in total. The van der Waals surface area contributed by atoms with Crippen LogP contribution in [-0.2, 0) is 6.54 Å². The van der Waals surface area contributed by atoms with E-state index in [4.69, 9.17) is 5.73 Å². The van der Waals surface area contributed by atoms with Gasteiger partial charge in [-0.1, -0.05) is 0 Å². The van der Waals surface area contributed by atoms with Crippen molar-refractivity contribution in [3.05, 3.63) is 16.8 Å². The molecule has 0 unspecified atom stereocenters. The summed E-state index contributed by atoms with van der Waals surface area (Å²) < 4.78 is 0. The quantitative estimate of drug-likeness (QED) is 0.702. The minimum atomic E-state index is 0.540. The largest absolute Gasteiger partial charge is 0.326 e. The van der Waals surface area contributed by atoms with Gasteiger partial charge in [-0.25, -0.2) is 0 Å². The van der Waals surface area contributed by atoms with Crippen molar-refractivity contribution < 1.29 is 0 Å². The lowest BCUT2D eigenvalue weighted by Gasteiger charge is -2.08. The molecule has 0 radical (unpaired) electrons. The Morgan fingerprint density at radius 3 is 2.50 bits per heavy atom. The van der Waals surface area contributed by atoms with Gasteiger partial charge in [-0.15, -0.1) is 16.9 Å². The van der Waals surface area contributed by atoms with Crippen LogP contribution in [0.4, 0.5) is 0 Å². The van der Waals surface area contributed by atoms with E-state index in [1.165, 1.54) is 0 Å². The van der Waals surface area contributed by atoms with Crippen molar-refractivity contribution in [2.24, 2.45) is 5.73 Å². The molecule has 0 amide bonds. The minimum Gasteiger partial charge on any atom is -0.326 e. The van der Waals surface area contributed by atoms with Gasteiger partial charge < -0.3 is 5.73 Å². The van der Waals surface area contributed by atoms with Gasteiger partial charge in [0.05, 0.1) is 5.69 Å². The molecule has 0 spiro atoms. The van der Waals surface area contributed by atoms with Crippen LogP contribution < -0.4 is 5.73 Å². The van der Waals surface area contributed by atoms with Gasteiger partial charge >= 0.3 is 0 Å². The van der Waals surface area contributed by atoms with Gasteiger partial charge in [0.15, 0.2) is 0 Å². The fraction of sp³-hybridized carbons (Fsp3) is 0.500. The fourth-order valence-electron chi connectivity index (χ4n) is 1.04. The van der Waals surface area contributed by atoms with Crippen LogP contribution in [0.25, 0.3) is 0 Å². The zero-order valence-corrected chi connectivity index (χ0v) is 8.40. The monoisotopic (exact) mass is 183 g/mol. The van der Waals surface area contributed by atoms with Crippen LogP contribution in [0.3, 0.4) is 0 Å². The molecule has 0 aliphatic rings. The van der Waals surface area contributed by atoms with Crippen LogP contribution in [0.1, 0.15) is 16.8 Å². The Balaban J connectivity index is 3.25. The lowest BCUT2D eigenvalue weighted by Crippen LogP contribution is -2.06. The summed E-state index contributed by atoms with van der Waals surface area (Å²) in [7, 11) is 0. The number of thioether (sulfide) groups is 1. The first-order valence-electron chi connectivity index (χ1n) is 3.77. The van der Waals surface area contributed by atoms with E-state index in [2.05, 4.69) is 10.2 Å². The zero-order chi connectivity index (χ0) is 9.14. The van der Waals surface area contributed by atoms with E-state index < -0.39 is 0 Å². The highest BCUT2D eigenvalue weighted by Crippen LogP contribution is 2.20. The van der Waals surface area contributed by atoms with Crippen LogP contribution >= 0.6 is 11.8 Å². The SMILES string of the molecule is CSc1nnc(C)c(C)c1CN.